The molecular weight excluding hydrogens is 350 g/mol. The summed E-state index contributed by atoms with van der Waals surface area (Å²) < 4.78 is 11.0. The van der Waals surface area contributed by atoms with Crippen LogP contribution in [0.2, 0.25) is 0 Å². The van der Waals surface area contributed by atoms with Crippen LogP contribution in [0.1, 0.15) is 10.5 Å². The van der Waals surface area contributed by atoms with Gasteiger partial charge in [-0.1, -0.05) is 30.3 Å². The van der Waals surface area contributed by atoms with E-state index in [1.807, 2.05) is 36.4 Å². The van der Waals surface area contributed by atoms with E-state index in [0.717, 1.165) is 0 Å². The number of hydrogen-bond donors (Lipinski definition) is 2. The fraction of sp³-hybridized carbons (Fsp3) is 0.111. The van der Waals surface area contributed by atoms with Crippen LogP contribution in [0.15, 0.2) is 60.8 Å². The van der Waals surface area contributed by atoms with Crippen LogP contribution in [0.3, 0.4) is 0 Å². The number of benzene rings is 2. The van der Waals surface area contributed by atoms with Crippen molar-refractivity contribution in [2.45, 2.75) is 6.10 Å². The van der Waals surface area contributed by atoms with Crippen molar-refractivity contribution in [1.82, 2.24) is 25.8 Å². The molecule has 9 nitrogen and oxygen atoms in total. The van der Waals surface area contributed by atoms with Gasteiger partial charge in [0.25, 0.3) is 11.8 Å². The second kappa shape index (κ2) is 7.16. The van der Waals surface area contributed by atoms with Crippen molar-refractivity contribution in [1.29, 1.82) is 0 Å². The molecule has 0 saturated carbocycles. The molecule has 1 atom stereocenters. The summed E-state index contributed by atoms with van der Waals surface area (Å²) in [7, 11) is 0. The third kappa shape index (κ3) is 3.56. The van der Waals surface area contributed by atoms with Gasteiger partial charge in [-0.25, -0.2) is 0 Å². The number of nitrogens with one attached hydrogen (secondary N) is 2. The van der Waals surface area contributed by atoms with Crippen molar-refractivity contribution in [2.75, 3.05) is 6.61 Å². The number of aromatic nitrogens is 3. The van der Waals surface area contributed by atoms with Gasteiger partial charge >= 0.3 is 0 Å². The summed E-state index contributed by atoms with van der Waals surface area (Å²) in [6.45, 7) is 0.0446. The van der Waals surface area contributed by atoms with E-state index in [9.17, 15) is 9.59 Å². The Morgan fingerprint density at radius 1 is 1.00 bits per heavy atom. The number of rotatable bonds is 3. The van der Waals surface area contributed by atoms with Crippen molar-refractivity contribution in [3.63, 3.8) is 0 Å². The predicted molar refractivity (Wildman–Crippen MR) is 93.3 cm³/mol. The van der Waals surface area contributed by atoms with Crippen LogP contribution < -0.4 is 20.3 Å². The molecule has 4 rings (SSSR count). The highest BCUT2D eigenvalue weighted by molar-refractivity contribution is 5.94. The van der Waals surface area contributed by atoms with Crippen LogP contribution in [-0.2, 0) is 4.79 Å². The summed E-state index contributed by atoms with van der Waals surface area (Å²) in [5.41, 5.74) is 5.38. The minimum atomic E-state index is -0.875. The molecule has 1 aliphatic rings. The number of fused-ring (bicyclic) bond motifs is 1. The van der Waals surface area contributed by atoms with Gasteiger partial charge in [0, 0.05) is 0 Å². The quantitative estimate of drug-likeness (QED) is 0.667. The van der Waals surface area contributed by atoms with E-state index >= 15 is 0 Å². The molecule has 2 amide bonds. The first-order chi connectivity index (χ1) is 13.2. The number of amides is 2. The first-order valence-electron chi connectivity index (χ1n) is 8.17. The average Bonchev–Trinajstić information content (AvgIpc) is 3.22. The number of nitrogens with zero attached hydrogens (tertiary/aromatic N) is 3. The molecule has 0 aliphatic carbocycles. The lowest BCUT2D eigenvalue weighted by atomic mass is 10.2. The van der Waals surface area contributed by atoms with E-state index in [0.29, 0.717) is 17.2 Å². The molecule has 1 aliphatic heterocycles. The highest BCUT2D eigenvalue weighted by atomic mass is 16.6. The topological polar surface area (TPSA) is 107 Å². The maximum atomic E-state index is 12.2. The van der Waals surface area contributed by atoms with Crippen molar-refractivity contribution in [3.8, 4) is 17.2 Å². The molecular formula is C18H15N5O4. The number of para-hydroxylation sites is 3. The first-order valence-corrected chi connectivity index (χ1v) is 8.17. The monoisotopic (exact) mass is 365 g/mol. The van der Waals surface area contributed by atoms with E-state index in [2.05, 4.69) is 21.0 Å². The van der Waals surface area contributed by atoms with Gasteiger partial charge < -0.3 is 9.47 Å². The molecule has 2 aromatic carbocycles. The van der Waals surface area contributed by atoms with Crippen molar-refractivity contribution in [3.05, 3.63) is 66.5 Å². The van der Waals surface area contributed by atoms with Crippen molar-refractivity contribution >= 4 is 11.8 Å². The zero-order valence-electron chi connectivity index (χ0n) is 14.0. The van der Waals surface area contributed by atoms with Crippen molar-refractivity contribution in [2.24, 2.45) is 0 Å². The standard InChI is InChI=1S/C18H15N5O4/c24-17(13-10-19-23(22-13)12-6-2-1-3-7-12)20-21-18(25)16-11-26-14-8-4-5-9-15(14)27-16/h1-10,16H,11H2,(H,20,24)(H,21,25). The fourth-order valence-corrected chi connectivity index (χ4v) is 2.46. The van der Waals surface area contributed by atoms with E-state index in [1.54, 1.807) is 18.2 Å². The zero-order valence-corrected chi connectivity index (χ0v) is 14.0. The summed E-state index contributed by atoms with van der Waals surface area (Å²) in [6.07, 6.45) is 0.436. The molecule has 136 valence electrons. The number of hydrogen-bond acceptors (Lipinski definition) is 6. The molecule has 1 aromatic heterocycles. The van der Waals surface area contributed by atoms with Crippen LogP contribution in [0.5, 0.6) is 11.5 Å². The van der Waals surface area contributed by atoms with Crippen LogP contribution in [0, 0.1) is 0 Å². The SMILES string of the molecule is O=C(NNC(=O)C1COc2ccccc2O1)c1cnn(-c2ccccc2)n1. The minimum absolute atomic E-state index is 0.0446. The Balaban J connectivity index is 1.34. The molecule has 0 bridgehead atoms. The zero-order chi connectivity index (χ0) is 18.6. The lowest BCUT2D eigenvalue weighted by Crippen LogP contribution is -2.50. The van der Waals surface area contributed by atoms with E-state index in [4.69, 9.17) is 9.47 Å². The lowest BCUT2D eigenvalue weighted by Gasteiger charge is -2.25. The summed E-state index contributed by atoms with van der Waals surface area (Å²) >= 11 is 0. The molecule has 2 N–H and O–H groups in total. The average molecular weight is 365 g/mol. The first kappa shape index (κ1) is 16.6. The third-order valence-corrected chi connectivity index (χ3v) is 3.81. The fourth-order valence-electron chi connectivity index (χ4n) is 2.46. The van der Waals surface area contributed by atoms with Gasteiger partial charge in [-0.05, 0) is 24.3 Å². The van der Waals surface area contributed by atoms with Crippen LogP contribution >= 0.6 is 0 Å². The lowest BCUT2D eigenvalue weighted by molar-refractivity contribution is -0.131. The molecule has 0 saturated heterocycles. The second-order valence-electron chi connectivity index (χ2n) is 5.66. The minimum Gasteiger partial charge on any atom is -0.485 e. The van der Waals surface area contributed by atoms with Crippen molar-refractivity contribution < 1.29 is 19.1 Å². The Morgan fingerprint density at radius 3 is 2.56 bits per heavy atom. The molecule has 9 heteroatoms. The van der Waals surface area contributed by atoms with E-state index in [1.165, 1.54) is 11.0 Å². The maximum absolute atomic E-state index is 12.2. The molecule has 2 heterocycles. The highest BCUT2D eigenvalue weighted by Gasteiger charge is 2.27. The van der Waals surface area contributed by atoms with Gasteiger partial charge in [-0.3, -0.25) is 20.4 Å². The highest BCUT2D eigenvalue weighted by Crippen LogP contribution is 2.30. The Kier molecular flexibility index (Phi) is 4.40. The van der Waals surface area contributed by atoms with Crippen LogP contribution in [0.4, 0.5) is 0 Å². The van der Waals surface area contributed by atoms with Gasteiger partial charge in [-0.2, -0.15) is 9.90 Å². The number of hydrazine groups is 1. The van der Waals surface area contributed by atoms with Gasteiger partial charge in [0.1, 0.15) is 6.61 Å². The molecule has 0 fully saturated rings. The van der Waals surface area contributed by atoms with Gasteiger partial charge in [0.2, 0.25) is 6.10 Å². The van der Waals surface area contributed by atoms with Gasteiger partial charge in [0.15, 0.2) is 17.2 Å². The summed E-state index contributed by atoms with van der Waals surface area (Å²) in [5, 5.41) is 8.12. The number of carbonyl (C=O) groups is 2. The molecule has 0 spiro atoms. The molecule has 0 radical (unpaired) electrons. The summed E-state index contributed by atoms with van der Waals surface area (Å²) in [4.78, 5) is 25.7. The smallest absolute Gasteiger partial charge is 0.291 e. The molecule has 3 aromatic rings. The third-order valence-electron chi connectivity index (χ3n) is 3.81. The number of carbonyl (C=O) groups excluding carboxylic acids is 2. The van der Waals surface area contributed by atoms with E-state index in [-0.39, 0.29) is 12.3 Å². The Labute approximate surface area is 153 Å². The van der Waals surface area contributed by atoms with E-state index < -0.39 is 17.9 Å². The summed E-state index contributed by atoms with van der Waals surface area (Å²) in [5.74, 6) is -0.0832. The van der Waals surface area contributed by atoms with Crippen LogP contribution in [-0.4, -0.2) is 39.5 Å². The second-order valence-corrected chi connectivity index (χ2v) is 5.66. The Bertz CT molecular complexity index is 973. The normalized spacial score (nSPS) is 15.0. The maximum Gasteiger partial charge on any atom is 0.291 e. The largest absolute Gasteiger partial charge is 0.485 e. The summed E-state index contributed by atoms with van der Waals surface area (Å²) in [6, 6.07) is 16.2. The predicted octanol–water partition coefficient (Wildman–Crippen LogP) is 0.868. The Morgan fingerprint density at radius 2 is 1.74 bits per heavy atom. The van der Waals surface area contributed by atoms with Gasteiger partial charge in [-0.15, -0.1) is 5.10 Å². The Hall–Kier alpha value is -3.88. The molecule has 27 heavy (non-hydrogen) atoms. The van der Waals surface area contributed by atoms with Gasteiger partial charge in [0.05, 0.1) is 11.9 Å². The van der Waals surface area contributed by atoms with Crippen LogP contribution in [0.25, 0.3) is 5.69 Å². The number of ether oxygens (including phenoxy) is 2. The molecule has 1 unspecified atom stereocenters.